The quantitative estimate of drug-likeness (QED) is 0.280. The van der Waals surface area contributed by atoms with Crippen molar-refractivity contribution in [1.29, 1.82) is 0 Å². The van der Waals surface area contributed by atoms with Crippen molar-refractivity contribution >= 4 is 35.6 Å². The first-order chi connectivity index (χ1) is 17.5. The van der Waals surface area contributed by atoms with Gasteiger partial charge < -0.3 is 30.1 Å². The van der Waals surface area contributed by atoms with Gasteiger partial charge in [-0.2, -0.15) is 0 Å². The molecule has 0 aromatic heterocycles. The molecule has 0 aliphatic heterocycles. The molecule has 0 unspecified atom stereocenters. The van der Waals surface area contributed by atoms with Crippen molar-refractivity contribution in [2.45, 2.75) is 32.8 Å². The molecule has 0 spiro atoms. The fourth-order valence-electron chi connectivity index (χ4n) is 2.91. The second-order valence-electron chi connectivity index (χ2n) is 9.76. The number of ether oxygens (including phenoxy) is 1. The molecule has 13 nitrogen and oxygen atoms in total. The van der Waals surface area contributed by atoms with Gasteiger partial charge in [0.15, 0.2) is 0 Å². The van der Waals surface area contributed by atoms with E-state index in [1.807, 2.05) is 0 Å². The summed E-state index contributed by atoms with van der Waals surface area (Å²) in [7, 11) is 4.19. The number of nitrogens with two attached hydrogens (primary N) is 1. The Bertz CT molecular complexity index is 899. The average molecular weight is 539 g/mol. The van der Waals surface area contributed by atoms with E-state index in [0.29, 0.717) is 6.42 Å². The van der Waals surface area contributed by atoms with E-state index >= 15 is 0 Å². The molecule has 214 valence electrons. The Morgan fingerprint density at radius 2 is 1.16 bits per heavy atom. The number of amides is 6. The van der Waals surface area contributed by atoms with Crippen molar-refractivity contribution in [2.75, 3.05) is 67.0 Å². The Kier molecular flexibility index (Phi) is 14.4. The van der Waals surface area contributed by atoms with Crippen molar-refractivity contribution in [3.8, 4) is 0 Å². The third-order valence-electron chi connectivity index (χ3n) is 5.02. The van der Waals surface area contributed by atoms with Crippen LogP contribution in [0.5, 0.6) is 0 Å². The van der Waals surface area contributed by atoms with Gasteiger partial charge in [0.25, 0.3) is 0 Å². The van der Waals surface area contributed by atoms with E-state index in [1.54, 1.807) is 26.8 Å². The van der Waals surface area contributed by atoms with E-state index in [9.17, 15) is 28.8 Å². The molecule has 0 rings (SSSR count). The predicted octanol–water partition coefficient (Wildman–Crippen LogP) is -0.325. The van der Waals surface area contributed by atoms with Crippen molar-refractivity contribution in [3.05, 3.63) is 25.3 Å². The summed E-state index contributed by atoms with van der Waals surface area (Å²) < 4.78 is 5.30. The Labute approximate surface area is 224 Å². The highest BCUT2D eigenvalue weighted by atomic mass is 16.6. The number of primary amides is 1. The molecule has 0 aromatic rings. The zero-order chi connectivity index (χ0) is 29.6. The van der Waals surface area contributed by atoms with Crippen LogP contribution >= 0.6 is 0 Å². The lowest BCUT2D eigenvalue weighted by Crippen LogP contribution is -2.49. The monoisotopic (exact) mass is 538 g/mol. The minimum Gasteiger partial charge on any atom is -0.444 e. The Balaban J connectivity index is 4.98. The Morgan fingerprint density at radius 3 is 1.55 bits per heavy atom. The van der Waals surface area contributed by atoms with Gasteiger partial charge in [0, 0.05) is 34.2 Å². The lowest BCUT2D eigenvalue weighted by Gasteiger charge is -2.28. The van der Waals surface area contributed by atoms with Crippen molar-refractivity contribution in [1.82, 2.24) is 24.5 Å². The third kappa shape index (κ3) is 13.4. The standard InChI is InChI=1S/C25H42N6O7/c1-9-11-13-30(14-19(26)32)23(36)17-29(8)21(34)15-27(6)20(33)16-28(7)22(35)18-31(12-10-2)24(37)38-25(3,4)5/h9-10H,1-2,11-18H2,3-8H3,(H2,26,32). The molecule has 2 N–H and O–H groups in total. The van der Waals surface area contributed by atoms with E-state index in [-0.39, 0.29) is 45.8 Å². The molecule has 0 aromatic carbocycles. The molecule has 0 heterocycles. The maximum Gasteiger partial charge on any atom is 0.411 e. The number of carbonyl (C=O) groups excluding carboxylic acids is 6. The van der Waals surface area contributed by atoms with Crippen LogP contribution < -0.4 is 5.73 Å². The summed E-state index contributed by atoms with van der Waals surface area (Å²) in [5, 5.41) is 0. The molecule has 6 amide bonds. The van der Waals surface area contributed by atoms with Crippen LogP contribution in [0.2, 0.25) is 0 Å². The highest BCUT2D eigenvalue weighted by Gasteiger charge is 2.26. The van der Waals surface area contributed by atoms with Gasteiger partial charge in [-0.3, -0.25) is 28.9 Å². The van der Waals surface area contributed by atoms with Gasteiger partial charge in [0.05, 0.1) is 26.2 Å². The second kappa shape index (κ2) is 16.0. The molecular weight excluding hydrogens is 496 g/mol. The molecule has 0 bridgehead atoms. The summed E-state index contributed by atoms with van der Waals surface area (Å²) in [5.41, 5.74) is 4.44. The SMILES string of the molecule is C=CCCN(CC(N)=O)C(=O)CN(C)C(=O)CN(C)C(=O)CN(C)C(=O)CN(CC=C)C(=O)OC(C)(C)C. The van der Waals surface area contributed by atoms with Gasteiger partial charge >= 0.3 is 6.09 Å². The minimum atomic E-state index is -0.750. The first kappa shape index (κ1) is 34.1. The molecule has 0 aliphatic rings. The molecule has 38 heavy (non-hydrogen) atoms. The summed E-state index contributed by atoms with van der Waals surface area (Å²) in [6.07, 6.45) is 2.80. The van der Waals surface area contributed by atoms with E-state index in [2.05, 4.69) is 13.2 Å². The number of hydrogen-bond donors (Lipinski definition) is 1. The van der Waals surface area contributed by atoms with Crippen molar-refractivity contribution in [3.63, 3.8) is 0 Å². The predicted molar refractivity (Wildman–Crippen MR) is 142 cm³/mol. The topological polar surface area (TPSA) is 154 Å². The molecule has 0 saturated carbocycles. The summed E-state index contributed by atoms with van der Waals surface area (Å²) in [5.74, 6) is -2.72. The van der Waals surface area contributed by atoms with Crippen LogP contribution in [0.4, 0.5) is 4.79 Å². The van der Waals surface area contributed by atoms with Crippen LogP contribution in [-0.2, 0) is 28.7 Å². The maximum atomic E-state index is 12.6. The fourth-order valence-corrected chi connectivity index (χ4v) is 2.91. The lowest BCUT2D eigenvalue weighted by molar-refractivity contribution is -0.144. The summed E-state index contributed by atoms with van der Waals surface area (Å²) in [6.45, 7) is 11.0. The zero-order valence-electron chi connectivity index (χ0n) is 23.4. The minimum absolute atomic E-state index is 0.0758. The van der Waals surface area contributed by atoms with Gasteiger partial charge in [0.1, 0.15) is 12.1 Å². The molecular formula is C25H42N6O7. The van der Waals surface area contributed by atoms with Crippen LogP contribution in [0, 0.1) is 0 Å². The van der Waals surface area contributed by atoms with Crippen LogP contribution in [0.3, 0.4) is 0 Å². The largest absolute Gasteiger partial charge is 0.444 e. The molecule has 13 heteroatoms. The first-order valence-electron chi connectivity index (χ1n) is 12.0. The van der Waals surface area contributed by atoms with Crippen LogP contribution in [0.1, 0.15) is 27.2 Å². The van der Waals surface area contributed by atoms with Crippen molar-refractivity contribution < 1.29 is 33.5 Å². The van der Waals surface area contributed by atoms with Crippen LogP contribution in [0.15, 0.2) is 25.3 Å². The first-order valence-corrected chi connectivity index (χ1v) is 12.0. The number of hydrogen-bond acceptors (Lipinski definition) is 7. The third-order valence-corrected chi connectivity index (χ3v) is 5.02. The molecule has 0 saturated heterocycles. The average Bonchev–Trinajstić information content (AvgIpc) is 2.79. The van der Waals surface area contributed by atoms with E-state index in [1.165, 1.54) is 32.1 Å². The summed E-state index contributed by atoms with van der Waals surface area (Å²) in [6, 6.07) is 0. The fraction of sp³-hybridized carbons (Fsp3) is 0.600. The van der Waals surface area contributed by atoms with Gasteiger partial charge in [-0.1, -0.05) is 12.2 Å². The normalized spacial score (nSPS) is 10.6. The molecule has 0 fully saturated rings. The lowest BCUT2D eigenvalue weighted by atomic mass is 10.2. The van der Waals surface area contributed by atoms with Crippen LogP contribution in [-0.4, -0.2) is 133 Å². The van der Waals surface area contributed by atoms with Gasteiger partial charge in [-0.05, 0) is 27.2 Å². The molecule has 0 atom stereocenters. The highest BCUT2D eigenvalue weighted by Crippen LogP contribution is 2.10. The summed E-state index contributed by atoms with van der Waals surface area (Å²) in [4.78, 5) is 79.8. The van der Waals surface area contributed by atoms with E-state index in [0.717, 1.165) is 19.6 Å². The van der Waals surface area contributed by atoms with E-state index < -0.39 is 41.2 Å². The zero-order valence-corrected chi connectivity index (χ0v) is 23.4. The smallest absolute Gasteiger partial charge is 0.411 e. The van der Waals surface area contributed by atoms with Crippen molar-refractivity contribution in [2.24, 2.45) is 5.73 Å². The summed E-state index contributed by atoms with van der Waals surface area (Å²) >= 11 is 0. The van der Waals surface area contributed by atoms with E-state index in [4.69, 9.17) is 10.5 Å². The number of rotatable bonds is 15. The van der Waals surface area contributed by atoms with Gasteiger partial charge in [0.2, 0.25) is 29.5 Å². The maximum absolute atomic E-state index is 12.6. The number of carbonyl (C=O) groups is 6. The van der Waals surface area contributed by atoms with Gasteiger partial charge in [-0.15, -0.1) is 13.2 Å². The van der Waals surface area contributed by atoms with Gasteiger partial charge in [-0.25, -0.2) is 4.79 Å². The van der Waals surface area contributed by atoms with Crippen LogP contribution in [0.25, 0.3) is 0 Å². The highest BCUT2D eigenvalue weighted by molar-refractivity contribution is 5.91. The number of nitrogens with zero attached hydrogens (tertiary/aromatic N) is 5. The Morgan fingerprint density at radius 1 is 0.711 bits per heavy atom. The number of likely N-dealkylation sites (N-methyl/N-ethyl adjacent to an activating group) is 3. The second-order valence-corrected chi connectivity index (χ2v) is 9.76. The molecule has 0 aliphatic carbocycles. The molecule has 0 radical (unpaired) electrons. The Hall–Kier alpha value is -3.90.